The van der Waals surface area contributed by atoms with Crippen molar-refractivity contribution in [3.8, 4) is 0 Å². The van der Waals surface area contributed by atoms with Crippen molar-refractivity contribution in [1.29, 1.82) is 0 Å². The van der Waals surface area contributed by atoms with Crippen LogP contribution in [0.5, 0.6) is 0 Å². The summed E-state index contributed by atoms with van der Waals surface area (Å²) in [5, 5.41) is 0. The summed E-state index contributed by atoms with van der Waals surface area (Å²) in [6, 6.07) is 0. The second-order valence-electron chi connectivity index (χ2n) is 6.35. The van der Waals surface area contributed by atoms with Crippen molar-refractivity contribution in [2.24, 2.45) is 35.5 Å². The molecule has 1 aliphatic heterocycles. The number of esters is 2. The van der Waals surface area contributed by atoms with Gasteiger partial charge in [0.25, 0.3) is 0 Å². The Labute approximate surface area is 102 Å². The minimum absolute atomic E-state index is 0.115. The molecule has 94 valence electrons. The summed E-state index contributed by atoms with van der Waals surface area (Å²) in [4.78, 5) is 23.7. The van der Waals surface area contributed by atoms with E-state index in [1.807, 2.05) is 0 Å². The highest BCUT2D eigenvalue weighted by Crippen LogP contribution is 2.52. The Morgan fingerprint density at radius 2 is 1.71 bits per heavy atom. The largest absolute Gasteiger partial charge is 0.393 e. The molecule has 3 heteroatoms. The number of carbonyl (C=O) groups is 2. The molecule has 4 aliphatic rings. The fraction of sp³-hybridized carbons (Fsp3) is 0.857. The first-order valence-electron chi connectivity index (χ1n) is 6.83. The minimum atomic E-state index is -0.240. The average Bonchev–Trinajstić information content (AvgIpc) is 2.53. The summed E-state index contributed by atoms with van der Waals surface area (Å²) in [5.41, 5.74) is 0. The first-order chi connectivity index (χ1) is 8.08. The van der Waals surface area contributed by atoms with Crippen molar-refractivity contribution >= 4 is 11.9 Å². The van der Waals surface area contributed by atoms with E-state index < -0.39 is 0 Å². The zero-order valence-corrected chi connectivity index (χ0v) is 10.5. The SMILES string of the molecule is CC1CCC2CC(C)C(C1)C1C(=O)OC(=O)C21. The average molecular weight is 236 g/mol. The molecular weight excluding hydrogens is 216 g/mol. The maximum absolute atomic E-state index is 11.9. The fourth-order valence-electron chi connectivity index (χ4n) is 4.37. The van der Waals surface area contributed by atoms with Crippen LogP contribution in [0, 0.1) is 35.5 Å². The molecule has 2 bridgehead atoms. The van der Waals surface area contributed by atoms with Gasteiger partial charge in [0.05, 0.1) is 11.8 Å². The summed E-state index contributed by atoms with van der Waals surface area (Å²) in [6.45, 7) is 4.51. The van der Waals surface area contributed by atoms with Gasteiger partial charge in [0.1, 0.15) is 0 Å². The van der Waals surface area contributed by atoms with Crippen molar-refractivity contribution in [3.63, 3.8) is 0 Å². The van der Waals surface area contributed by atoms with Crippen molar-refractivity contribution in [3.05, 3.63) is 0 Å². The molecule has 6 unspecified atom stereocenters. The molecule has 0 aromatic heterocycles. The van der Waals surface area contributed by atoms with Gasteiger partial charge in [0.15, 0.2) is 0 Å². The molecule has 0 aromatic carbocycles. The van der Waals surface area contributed by atoms with Gasteiger partial charge in [-0.1, -0.05) is 20.3 Å². The summed E-state index contributed by atoms with van der Waals surface area (Å²) in [7, 11) is 0. The maximum atomic E-state index is 11.9. The van der Waals surface area contributed by atoms with E-state index in [0.29, 0.717) is 23.7 Å². The first kappa shape index (κ1) is 11.2. The standard InChI is InChI=1S/C14H20O3/c1-7-3-4-9-6-8(2)10(5-7)12-11(9)13(15)17-14(12)16/h7-12H,3-6H2,1-2H3. The zero-order chi connectivity index (χ0) is 12.2. The lowest BCUT2D eigenvalue weighted by atomic mass is 9.58. The van der Waals surface area contributed by atoms with E-state index in [4.69, 9.17) is 4.74 Å². The quantitative estimate of drug-likeness (QED) is 0.479. The van der Waals surface area contributed by atoms with Crippen LogP contribution in [0.15, 0.2) is 0 Å². The lowest BCUT2D eigenvalue weighted by molar-refractivity contribution is -0.154. The van der Waals surface area contributed by atoms with Gasteiger partial charge in [-0.15, -0.1) is 0 Å². The van der Waals surface area contributed by atoms with Gasteiger partial charge in [-0.25, -0.2) is 0 Å². The van der Waals surface area contributed by atoms with Crippen molar-refractivity contribution in [2.75, 3.05) is 0 Å². The van der Waals surface area contributed by atoms with Crippen LogP contribution in [0.1, 0.15) is 39.5 Å². The van der Waals surface area contributed by atoms with Crippen LogP contribution in [0.2, 0.25) is 0 Å². The van der Waals surface area contributed by atoms with E-state index in [9.17, 15) is 9.59 Å². The van der Waals surface area contributed by atoms with Crippen LogP contribution >= 0.6 is 0 Å². The molecule has 4 rings (SSSR count). The fourth-order valence-corrected chi connectivity index (χ4v) is 4.37. The van der Waals surface area contributed by atoms with Crippen LogP contribution in [-0.2, 0) is 14.3 Å². The van der Waals surface area contributed by atoms with Gasteiger partial charge in [0, 0.05) is 0 Å². The van der Waals surface area contributed by atoms with Crippen LogP contribution in [0.4, 0.5) is 0 Å². The van der Waals surface area contributed by atoms with Crippen molar-refractivity contribution in [1.82, 2.24) is 0 Å². The highest BCUT2D eigenvalue weighted by atomic mass is 16.6. The number of fused-ring (bicyclic) bond motifs is 4. The van der Waals surface area contributed by atoms with Crippen LogP contribution in [0.25, 0.3) is 0 Å². The van der Waals surface area contributed by atoms with Crippen LogP contribution < -0.4 is 0 Å². The molecule has 0 spiro atoms. The number of hydrogen-bond acceptors (Lipinski definition) is 3. The van der Waals surface area contributed by atoms with E-state index in [1.54, 1.807) is 0 Å². The molecule has 3 saturated carbocycles. The van der Waals surface area contributed by atoms with E-state index in [-0.39, 0.29) is 23.8 Å². The predicted molar refractivity (Wildman–Crippen MR) is 61.9 cm³/mol. The highest BCUT2D eigenvalue weighted by molar-refractivity contribution is 5.97. The van der Waals surface area contributed by atoms with Gasteiger partial charge in [-0.3, -0.25) is 9.59 Å². The molecule has 3 aliphatic carbocycles. The first-order valence-corrected chi connectivity index (χ1v) is 6.83. The Balaban J connectivity index is 1.98. The highest BCUT2D eigenvalue weighted by Gasteiger charge is 2.56. The maximum Gasteiger partial charge on any atom is 0.317 e. The lowest BCUT2D eigenvalue weighted by Crippen LogP contribution is -2.43. The van der Waals surface area contributed by atoms with Gasteiger partial charge < -0.3 is 4.74 Å². The third-order valence-electron chi connectivity index (χ3n) is 5.21. The summed E-state index contributed by atoms with van der Waals surface area (Å²) in [6.07, 6.45) is 4.46. The minimum Gasteiger partial charge on any atom is -0.393 e. The molecule has 0 aromatic rings. The van der Waals surface area contributed by atoms with E-state index >= 15 is 0 Å². The molecule has 17 heavy (non-hydrogen) atoms. The molecule has 0 amide bonds. The number of hydrogen-bond donors (Lipinski definition) is 0. The monoisotopic (exact) mass is 236 g/mol. The second kappa shape index (κ2) is 3.82. The lowest BCUT2D eigenvalue weighted by Gasteiger charge is -2.44. The molecule has 1 saturated heterocycles. The van der Waals surface area contributed by atoms with Gasteiger partial charge in [-0.2, -0.15) is 0 Å². The number of ether oxygens (including phenoxy) is 1. The molecule has 1 heterocycles. The predicted octanol–water partition coefficient (Wildman–Crippen LogP) is 2.39. The smallest absolute Gasteiger partial charge is 0.317 e. The molecule has 0 radical (unpaired) electrons. The van der Waals surface area contributed by atoms with Crippen molar-refractivity contribution in [2.45, 2.75) is 39.5 Å². The Morgan fingerprint density at radius 1 is 1.00 bits per heavy atom. The summed E-state index contributed by atoms with van der Waals surface area (Å²) >= 11 is 0. The van der Waals surface area contributed by atoms with Crippen LogP contribution in [0.3, 0.4) is 0 Å². The molecule has 3 nitrogen and oxygen atoms in total. The summed E-state index contributed by atoms with van der Waals surface area (Å²) < 4.78 is 4.91. The van der Waals surface area contributed by atoms with E-state index in [1.165, 1.54) is 6.42 Å². The Morgan fingerprint density at radius 3 is 2.47 bits per heavy atom. The topological polar surface area (TPSA) is 43.4 Å². The molecule has 6 atom stereocenters. The van der Waals surface area contributed by atoms with Gasteiger partial charge in [0.2, 0.25) is 0 Å². The Kier molecular flexibility index (Phi) is 2.53. The van der Waals surface area contributed by atoms with Crippen molar-refractivity contribution < 1.29 is 14.3 Å². The Bertz CT molecular complexity index is 362. The van der Waals surface area contributed by atoms with Crippen LogP contribution in [-0.4, -0.2) is 11.9 Å². The van der Waals surface area contributed by atoms with E-state index in [0.717, 1.165) is 19.3 Å². The molecular formula is C14H20O3. The number of carbonyl (C=O) groups excluding carboxylic acids is 2. The van der Waals surface area contributed by atoms with Gasteiger partial charge in [-0.05, 0) is 42.9 Å². The normalized spacial score (nSPS) is 49.5. The number of cyclic esters (lactones) is 2. The third-order valence-corrected chi connectivity index (χ3v) is 5.21. The third kappa shape index (κ3) is 1.62. The second-order valence-corrected chi connectivity index (χ2v) is 6.35. The van der Waals surface area contributed by atoms with Gasteiger partial charge >= 0.3 is 11.9 Å². The molecule has 0 N–H and O–H groups in total. The molecule has 4 fully saturated rings. The number of rotatable bonds is 0. The summed E-state index contributed by atoms with van der Waals surface area (Å²) in [5.74, 6) is 1.26. The van der Waals surface area contributed by atoms with E-state index in [2.05, 4.69) is 13.8 Å². The zero-order valence-electron chi connectivity index (χ0n) is 10.5. The Hall–Kier alpha value is -0.860.